The average Bonchev–Trinajstić information content (AvgIpc) is 2.32. The second-order valence-electron chi connectivity index (χ2n) is 4.02. The quantitative estimate of drug-likeness (QED) is 0.634. The Morgan fingerprint density at radius 3 is 2.76 bits per heavy atom. The molecule has 0 amide bonds. The van der Waals surface area contributed by atoms with Gasteiger partial charge in [-0.1, -0.05) is 18.6 Å². The molecule has 17 heavy (non-hydrogen) atoms. The third-order valence-electron chi connectivity index (χ3n) is 2.70. The molecule has 0 aliphatic carbocycles. The van der Waals surface area contributed by atoms with Crippen molar-refractivity contribution in [1.29, 1.82) is 0 Å². The molecule has 0 aliphatic heterocycles. The van der Waals surface area contributed by atoms with Crippen LogP contribution < -0.4 is 16.2 Å². The predicted octanol–water partition coefficient (Wildman–Crippen LogP) is 1.92. The maximum absolute atomic E-state index is 10.0. The Labute approximate surface area is 103 Å². The Morgan fingerprint density at radius 1 is 1.35 bits per heavy atom. The molecule has 0 bridgehead atoms. The first-order valence-corrected chi connectivity index (χ1v) is 6.11. The maximum atomic E-state index is 10.0. The third-order valence-corrected chi connectivity index (χ3v) is 2.70. The molecule has 1 aromatic carbocycles. The highest BCUT2D eigenvalue weighted by atomic mass is 16.5. The van der Waals surface area contributed by atoms with Crippen molar-refractivity contribution in [1.82, 2.24) is 0 Å². The number of phenols is 1. The molecule has 4 nitrogen and oxygen atoms in total. The van der Waals surface area contributed by atoms with Crippen LogP contribution in [0, 0.1) is 0 Å². The second kappa shape index (κ2) is 7.14. The number of para-hydroxylation sites is 1. The summed E-state index contributed by atoms with van der Waals surface area (Å²) < 4.78 is 5.33. The van der Waals surface area contributed by atoms with Crippen LogP contribution >= 0.6 is 0 Å². The highest BCUT2D eigenvalue weighted by Crippen LogP contribution is 2.34. The number of benzene rings is 1. The zero-order valence-electron chi connectivity index (χ0n) is 10.4. The molecule has 0 radical (unpaired) electrons. The van der Waals surface area contributed by atoms with E-state index in [0.717, 1.165) is 24.8 Å². The molecule has 0 saturated heterocycles. The molecule has 1 rings (SSSR count). The van der Waals surface area contributed by atoms with E-state index in [4.69, 9.17) is 16.2 Å². The van der Waals surface area contributed by atoms with Crippen molar-refractivity contribution in [3.05, 3.63) is 23.8 Å². The lowest BCUT2D eigenvalue weighted by Crippen LogP contribution is -2.11. The van der Waals surface area contributed by atoms with E-state index >= 15 is 0 Å². The molecule has 5 N–H and O–H groups in total. The highest BCUT2D eigenvalue weighted by molar-refractivity contribution is 5.46. The molecule has 0 aliphatic rings. The first kappa shape index (κ1) is 13.8. The minimum Gasteiger partial charge on any atom is -0.504 e. The van der Waals surface area contributed by atoms with Crippen LogP contribution in [-0.4, -0.2) is 18.3 Å². The van der Waals surface area contributed by atoms with Crippen LogP contribution in [0.5, 0.6) is 11.5 Å². The fraction of sp³-hybridized carbons (Fsp3) is 0.538. The smallest absolute Gasteiger partial charge is 0.162 e. The van der Waals surface area contributed by atoms with E-state index in [1.54, 1.807) is 6.07 Å². The maximum Gasteiger partial charge on any atom is 0.162 e. The number of hydrogen-bond donors (Lipinski definition) is 3. The fourth-order valence-electron chi connectivity index (χ4n) is 1.77. The summed E-state index contributed by atoms with van der Waals surface area (Å²) in [7, 11) is 0. The number of rotatable bonds is 7. The summed E-state index contributed by atoms with van der Waals surface area (Å²) in [4.78, 5) is 0. The Balaban J connectivity index is 2.72. The first-order valence-electron chi connectivity index (χ1n) is 6.11. The van der Waals surface area contributed by atoms with Gasteiger partial charge in [0.05, 0.1) is 6.61 Å². The van der Waals surface area contributed by atoms with Gasteiger partial charge in [0.1, 0.15) is 0 Å². The zero-order chi connectivity index (χ0) is 12.7. The number of ether oxygens (including phenoxy) is 1. The minimum absolute atomic E-state index is 0.162. The zero-order valence-corrected chi connectivity index (χ0v) is 10.4. The van der Waals surface area contributed by atoms with Crippen molar-refractivity contribution in [2.75, 3.05) is 13.2 Å². The van der Waals surface area contributed by atoms with E-state index < -0.39 is 0 Å². The van der Waals surface area contributed by atoms with Crippen molar-refractivity contribution < 1.29 is 9.84 Å². The van der Waals surface area contributed by atoms with E-state index in [-0.39, 0.29) is 11.8 Å². The monoisotopic (exact) mass is 238 g/mol. The first-order chi connectivity index (χ1) is 8.20. The van der Waals surface area contributed by atoms with Crippen molar-refractivity contribution in [3.63, 3.8) is 0 Å². The summed E-state index contributed by atoms with van der Waals surface area (Å²) in [5.74, 6) is 0.661. The lowest BCUT2D eigenvalue weighted by molar-refractivity contribution is 0.315. The molecule has 1 atom stereocenters. The van der Waals surface area contributed by atoms with Gasteiger partial charge < -0.3 is 21.3 Å². The van der Waals surface area contributed by atoms with Gasteiger partial charge in [-0.15, -0.1) is 0 Å². The van der Waals surface area contributed by atoms with Crippen LogP contribution in [0.1, 0.15) is 37.8 Å². The van der Waals surface area contributed by atoms with Gasteiger partial charge in [0, 0.05) is 11.6 Å². The van der Waals surface area contributed by atoms with Crippen molar-refractivity contribution in [3.8, 4) is 11.5 Å². The normalized spacial score (nSPS) is 12.4. The molecule has 0 saturated carbocycles. The van der Waals surface area contributed by atoms with Gasteiger partial charge in [0.15, 0.2) is 11.5 Å². The SMILES string of the molecule is CCOc1cccc([C@@H](N)CCCCN)c1O. The van der Waals surface area contributed by atoms with Gasteiger partial charge in [0.25, 0.3) is 0 Å². The molecular formula is C13H22N2O2. The molecule has 1 aromatic rings. The van der Waals surface area contributed by atoms with E-state index in [0.29, 0.717) is 18.9 Å². The van der Waals surface area contributed by atoms with Crippen LogP contribution in [0.2, 0.25) is 0 Å². The molecule has 4 heteroatoms. The summed E-state index contributed by atoms with van der Waals surface area (Å²) in [6, 6.07) is 5.27. The van der Waals surface area contributed by atoms with Crippen LogP contribution in [-0.2, 0) is 0 Å². The van der Waals surface area contributed by atoms with Crippen LogP contribution in [0.3, 0.4) is 0 Å². The number of aromatic hydroxyl groups is 1. The van der Waals surface area contributed by atoms with Crippen molar-refractivity contribution >= 4 is 0 Å². The molecule has 0 spiro atoms. The topological polar surface area (TPSA) is 81.5 Å². The van der Waals surface area contributed by atoms with Crippen LogP contribution in [0.4, 0.5) is 0 Å². The van der Waals surface area contributed by atoms with Gasteiger partial charge in [-0.25, -0.2) is 0 Å². The Bertz CT molecular complexity index is 342. The van der Waals surface area contributed by atoms with Gasteiger partial charge in [0.2, 0.25) is 0 Å². The largest absolute Gasteiger partial charge is 0.504 e. The molecule has 0 aromatic heterocycles. The average molecular weight is 238 g/mol. The van der Waals surface area contributed by atoms with Gasteiger partial charge in [-0.2, -0.15) is 0 Å². The van der Waals surface area contributed by atoms with Crippen molar-refractivity contribution in [2.45, 2.75) is 32.2 Å². The lowest BCUT2D eigenvalue weighted by atomic mass is 10.0. The summed E-state index contributed by atoms with van der Waals surface area (Å²) in [6.07, 6.45) is 2.75. The summed E-state index contributed by atoms with van der Waals surface area (Å²) in [6.45, 7) is 3.09. The molecule has 96 valence electrons. The highest BCUT2D eigenvalue weighted by Gasteiger charge is 2.14. The Morgan fingerprint density at radius 2 is 2.12 bits per heavy atom. The summed E-state index contributed by atoms with van der Waals surface area (Å²) in [5, 5.41) is 10.0. The van der Waals surface area contributed by atoms with Crippen LogP contribution in [0.15, 0.2) is 18.2 Å². The standard InChI is InChI=1S/C13H22N2O2/c1-2-17-12-8-5-6-10(13(12)16)11(15)7-3-4-9-14/h5-6,8,11,16H,2-4,7,9,14-15H2,1H3/t11-/m0/s1. The number of unbranched alkanes of at least 4 members (excludes halogenated alkanes) is 1. The van der Waals surface area contributed by atoms with Crippen LogP contribution in [0.25, 0.3) is 0 Å². The minimum atomic E-state index is -0.165. The van der Waals surface area contributed by atoms with E-state index in [1.165, 1.54) is 0 Å². The number of hydrogen-bond acceptors (Lipinski definition) is 4. The summed E-state index contributed by atoms with van der Waals surface area (Å²) in [5.41, 5.74) is 12.2. The van der Waals surface area contributed by atoms with Gasteiger partial charge >= 0.3 is 0 Å². The van der Waals surface area contributed by atoms with E-state index in [1.807, 2.05) is 19.1 Å². The second-order valence-corrected chi connectivity index (χ2v) is 4.02. The van der Waals surface area contributed by atoms with E-state index in [2.05, 4.69) is 0 Å². The lowest BCUT2D eigenvalue weighted by Gasteiger charge is -2.15. The third kappa shape index (κ3) is 3.91. The molecular weight excluding hydrogens is 216 g/mol. The Hall–Kier alpha value is -1.26. The molecule has 0 unspecified atom stereocenters. The summed E-state index contributed by atoms with van der Waals surface area (Å²) >= 11 is 0. The van der Waals surface area contributed by atoms with Gasteiger partial charge in [-0.05, 0) is 32.4 Å². The molecule has 0 heterocycles. The molecule has 0 fully saturated rings. The number of phenolic OH excluding ortho intramolecular Hbond substituents is 1. The van der Waals surface area contributed by atoms with E-state index in [9.17, 15) is 5.11 Å². The Kier molecular flexibility index (Phi) is 5.80. The number of nitrogens with two attached hydrogens (primary N) is 2. The van der Waals surface area contributed by atoms with Crippen molar-refractivity contribution in [2.24, 2.45) is 11.5 Å². The fourth-order valence-corrected chi connectivity index (χ4v) is 1.77. The van der Waals surface area contributed by atoms with Gasteiger partial charge in [-0.3, -0.25) is 0 Å². The predicted molar refractivity (Wildman–Crippen MR) is 69.1 cm³/mol.